The average molecular weight is 291 g/mol. The van der Waals surface area contributed by atoms with Crippen LogP contribution in [0.5, 0.6) is 0 Å². The summed E-state index contributed by atoms with van der Waals surface area (Å²) in [5.74, 6) is 1.15. The first-order valence-electron chi connectivity index (χ1n) is 6.35. The van der Waals surface area contributed by atoms with Crippen LogP contribution in [0.2, 0.25) is 0 Å². The molecule has 7 heteroatoms. The molecule has 110 valence electrons. The molecular formula is C12H23ClN4O2. The molecule has 0 aliphatic carbocycles. The van der Waals surface area contributed by atoms with E-state index in [1.807, 2.05) is 13.8 Å². The molecule has 0 aliphatic rings. The number of carbonyl (C=O) groups is 1. The topological polar surface area (TPSA) is 94.0 Å². The van der Waals surface area contributed by atoms with Crippen LogP contribution in [0, 0.1) is 12.3 Å². The van der Waals surface area contributed by atoms with Crippen LogP contribution in [0.15, 0.2) is 4.52 Å². The zero-order valence-corrected chi connectivity index (χ0v) is 12.5. The molecule has 0 aromatic carbocycles. The lowest BCUT2D eigenvalue weighted by Gasteiger charge is -2.28. The summed E-state index contributed by atoms with van der Waals surface area (Å²) in [6.45, 7) is 6.58. The van der Waals surface area contributed by atoms with Crippen LogP contribution < -0.4 is 11.1 Å². The van der Waals surface area contributed by atoms with Gasteiger partial charge in [0.05, 0.1) is 5.41 Å². The lowest BCUT2D eigenvalue weighted by Crippen LogP contribution is -2.45. The van der Waals surface area contributed by atoms with Crippen LogP contribution >= 0.6 is 12.4 Å². The number of aryl methyl sites for hydroxylation is 1. The van der Waals surface area contributed by atoms with Gasteiger partial charge < -0.3 is 15.6 Å². The third-order valence-electron chi connectivity index (χ3n) is 3.42. The quantitative estimate of drug-likeness (QED) is 0.787. The van der Waals surface area contributed by atoms with E-state index in [-0.39, 0.29) is 18.3 Å². The third-order valence-corrected chi connectivity index (χ3v) is 3.42. The lowest BCUT2D eigenvalue weighted by atomic mass is 9.81. The highest BCUT2D eigenvalue weighted by Gasteiger charge is 2.32. The fourth-order valence-corrected chi connectivity index (χ4v) is 1.86. The van der Waals surface area contributed by atoms with Crippen molar-refractivity contribution in [3.05, 3.63) is 11.7 Å². The Bertz CT molecular complexity index is 383. The molecule has 0 radical (unpaired) electrons. The van der Waals surface area contributed by atoms with Crippen LogP contribution in [-0.4, -0.2) is 29.1 Å². The molecule has 1 heterocycles. The van der Waals surface area contributed by atoms with E-state index in [0.717, 1.165) is 12.8 Å². The van der Waals surface area contributed by atoms with Gasteiger partial charge in [0.2, 0.25) is 11.8 Å². The minimum atomic E-state index is -0.454. The van der Waals surface area contributed by atoms with E-state index in [9.17, 15) is 4.79 Å². The molecule has 0 fully saturated rings. The minimum Gasteiger partial charge on any atom is -0.355 e. The number of halogens is 1. The maximum atomic E-state index is 12.1. The number of carbonyl (C=O) groups excluding carboxylic acids is 1. The molecule has 0 unspecified atom stereocenters. The number of aromatic nitrogens is 2. The van der Waals surface area contributed by atoms with Crippen LogP contribution in [0.4, 0.5) is 0 Å². The summed E-state index contributed by atoms with van der Waals surface area (Å²) < 4.78 is 4.97. The maximum absolute atomic E-state index is 12.1. The van der Waals surface area contributed by atoms with Gasteiger partial charge in [0.1, 0.15) is 0 Å². The molecule has 0 bridgehead atoms. The largest absolute Gasteiger partial charge is 0.355 e. The van der Waals surface area contributed by atoms with Crippen LogP contribution in [0.25, 0.3) is 0 Å². The lowest BCUT2D eigenvalue weighted by molar-refractivity contribution is -0.131. The van der Waals surface area contributed by atoms with Gasteiger partial charge >= 0.3 is 0 Å². The van der Waals surface area contributed by atoms with Crippen LogP contribution in [0.3, 0.4) is 0 Å². The van der Waals surface area contributed by atoms with Crippen molar-refractivity contribution in [2.75, 3.05) is 13.1 Å². The molecule has 1 amide bonds. The van der Waals surface area contributed by atoms with Crippen LogP contribution in [-0.2, 0) is 11.2 Å². The molecule has 0 atom stereocenters. The number of hydrogen-bond acceptors (Lipinski definition) is 5. The highest BCUT2D eigenvalue weighted by Crippen LogP contribution is 2.24. The number of rotatable bonds is 7. The first-order chi connectivity index (χ1) is 8.57. The number of hydrogen-bond donors (Lipinski definition) is 2. The summed E-state index contributed by atoms with van der Waals surface area (Å²) in [6.07, 6.45) is 2.03. The van der Waals surface area contributed by atoms with Gasteiger partial charge in [-0.3, -0.25) is 4.79 Å². The van der Waals surface area contributed by atoms with E-state index < -0.39 is 5.41 Å². The zero-order valence-electron chi connectivity index (χ0n) is 11.7. The zero-order chi connectivity index (χ0) is 13.6. The van der Waals surface area contributed by atoms with E-state index in [0.29, 0.717) is 31.2 Å². The molecule has 1 rings (SSSR count). The summed E-state index contributed by atoms with van der Waals surface area (Å²) in [7, 11) is 0. The van der Waals surface area contributed by atoms with Crippen molar-refractivity contribution in [3.63, 3.8) is 0 Å². The Kier molecular flexibility index (Phi) is 7.63. The van der Waals surface area contributed by atoms with Gasteiger partial charge in [0.25, 0.3) is 0 Å². The van der Waals surface area contributed by atoms with Crippen molar-refractivity contribution in [1.82, 2.24) is 15.5 Å². The Hall–Kier alpha value is -1.14. The second-order valence-electron chi connectivity index (χ2n) is 4.43. The van der Waals surface area contributed by atoms with Gasteiger partial charge in [-0.15, -0.1) is 12.4 Å². The molecular weight excluding hydrogens is 268 g/mol. The van der Waals surface area contributed by atoms with Crippen molar-refractivity contribution in [3.8, 4) is 0 Å². The van der Waals surface area contributed by atoms with Crippen LogP contribution in [0.1, 0.15) is 38.4 Å². The Labute approximate surface area is 119 Å². The predicted octanol–water partition coefficient (Wildman–Crippen LogP) is 1.22. The van der Waals surface area contributed by atoms with Gasteiger partial charge in [-0.05, 0) is 19.8 Å². The molecule has 1 aromatic rings. The van der Waals surface area contributed by atoms with Crippen molar-refractivity contribution in [2.24, 2.45) is 11.1 Å². The second-order valence-corrected chi connectivity index (χ2v) is 4.43. The van der Waals surface area contributed by atoms with Gasteiger partial charge in [-0.25, -0.2) is 0 Å². The molecule has 19 heavy (non-hydrogen) atoms. The molecule has 0 spiro atoms. The molecule has 6 nitrogen and oxygen atoms in total. The van der Waals surface area contributed by atoms with E-state index >= 15 is 0 Å². The number of nitrogens with two attached hydrogens (primary N) is 1. The number of nitrogens with zero attached hydrogens (tertiary/aromatic N) is 2. The second kappa shape index (κ2) is 8.12. The van der Waals surface area contributed by atoms with Gasteiger partial charge in [0, 0.05) is 19.5 Å². The Morgan fingerprint density at radius 3 is 2.47 bits per heavy atom. The number of amides is 1. The maximum Gasteiger partial charge on any atom is 0.228 e. The molecule has 1 aromatic heterocycles. The highest BCUT2D eigenvalue weighted by molar-refractivity contribution is 5.85. The Morgan fingerprint density at radius 2 is 2.05 bits per heavy atom. The van der Waals surface area contributed by atoms with Crippen molar-refractivity contribution in [1.29, 1.82) is 0 Å². The first-order valence-corrected chi connectivity index (χ1v) is 6.35. The summed E-state index contributed by atoms with van der Waals surface area (Å²) in [4.78, 5) is 16.2. The van der Waals surface area contributed by atoms with Gasteiger partial charge in [-0.1, -0.05) is 19.0 Å². The molecule has 0 saturated heterocycles. The predicted molar refractivity (Wildman–Crippen MR) is 75.1 cm³/mol. The van der Waals surface area contributed by atoms with E-state index in [1.54, 1.807) is 6.92 Å². The Morgan fingerprint density at radius 1 is 1.42 bits per heavy atom. The highest BCUT2D eigenvalue weighted by atomic mass is 35.5. The molecule has 0 aliphatic heterocycles. The average Bonchev–Trinajstić information content (AvgIpc) is 2.78. The number of nitrogens with one attached hydrogen (secondary N) is 1. The summed E-state index contributed by atoms with van der Waals surface area (Å²) in [6, 6.07) is 0. The first kappa shape index (κ1) is 17.9. The fourth-order valence-electron chi connectivity index (χ4n) is 1.86. The SMILES string of the molecule is CCC(CC)(CN)C(=O)NCCc1nc(C)no1.Cl. The Balaban J connectivity index is 0.00000324. The van der Waals surface area contributed by atoms with E-state index in [4.69, 9.17) is 10.3 Å². The summed E-state index contributed by atoms with van der Waals surface area (Å²) in [5, 5.41) is 6.58. The van der Waals surface area contributed by atoms with Gasteiger partial charge in [0.15, 0.2) is 5.82 Å². The standard InChI is InChI=1S/C12H22N4O2.ClH/c1-4-12(5-2,8-13)11(17)14-7-6-10-15-9(3)16-18-10;/h4-8,13H2,1-3H3,(H,14,17);1H. The van der Waals surface area contributed by atoms with Gasteiger partial charge in [-0.2, -0.15) is 4.98 Å². The normalized spacial score (nSPS) is 10.9. The van der Waals surface area contributed by atoms with Crippen molar-refractivity contribution >= 4 is 18.3 Å². The van der Waals surface area contributed by atoms with Crippen molar-refractivity contribution in [2.45, 2.75) is 40.0 Å². The monoisotopic (exact) mass is 290 g/mol. The fraction of sp³-hybridized carbons (Fsp3) is 0.750. The third kappa shape index (κ3) is 4.47. The molecule has 0 saturated carbocycles. The van der Waals surface area contributed by atoms with Crippen molar-refractivity contribution < 1.29 is 9.32 Å². The van der Waals surface area contributed by atoms with E-state index in [2.05, 4.69) is 15.5 Å². The summed E-state index contributed by atoms with van der Waals surface area (Å²) in [5.41, 5.74) is 5.26. The molecule has 3 N–H and O–H groups in total. The smallest absolute Gasteiger partial charge is 0.228 e. The summed E-state index contributed by atoms with van der Waals surface area (Å²) >= 11 is 0. The van der Waals surface area contributed by atoms with E-state index in [1.165, 1.54) is 0 Å². The minimum absolute atomic E-state index is 0.